The lowest BCUT2D eigenvalue weighted by Gasteiger charge is -2.36. The van der Waals surface area contributed by atoms with Gasteiger partial charge in [-0.1, -0.05) is 28.9 Å². The summed E-state index contributed by atoms with van der Waals surface area (Å²) in [5.41, 5.74) is 1.10. The molecule has 0 unspecified atom stereocenters. The van der Waals surface area contributed by atoms with E-state index in [9.17, 15) is 4.79 Å². The standard InChI is InChI=1S/C21H27ClN4O2/c1-14(21-23-20(24-28-21)13-16-7-9-17(22)10-8-16)25-11-3-5-18(25)19-6-4-12-26(19)15(2)27/h7-10,14,18-19H,3-6,11-13H2,1-2H3/t14-,18-,19+/m0/s1. The molecule has 3 atom stereocenters. The number of nitrogens with zero attached hydrogens (tertiary/aromatic N) is 4. The number of hydrogen-bond acceptors (Lipinski definition) is 5. The Bertz CT molecular complexity index is 822. The maximum absolute atomic E-state index is 12.0. The van der Waals surface area contributed by atoms with E-state index in [2.05, 4.69) is 26.9 Å². The van der Waals surface area contributed by atoms with Crippen LogP contribution >= 0.6 is 11.6 Å². The van der Waals surface area contributed by atoms with Crippen molar-refractivity contribution >= 4 is 17.5 Å². The number of carbonyl (C=O) groups is 1. The summed E-state index contributed by atoms with van der Waals surface area (Å²) < 4.78 is 5.61. The Morgan fingerprint density at radius 2 is 1.93 bits per heavy atom. The number of benzene rings is 1. The van der Waals surface area contributed by atoms with Gasteiger partial charge in [-0.05, 0) is 56.8 Å². The van der Waals surface area contributed by atoms with Crippen molar-refractivity contribution in [2.75, 3.05) is 13.1 Å². The predicted molar refractivity (Wildman–Crippen MR) is 107 cm³/mol. The van der Waals surface area contributed by atoms with E-state index in [4.69, 9.17) is 16.1 Å². The summed E-state index contributed by atoms with van der Waals surface area (Å²) in [5.74, 6) is 1.53. The lowest BCUT2D eigenvalue weighted by molar-refractivity contribution is -0.130. The third-order valence-electron chi connectivity index (χ3n) is 6.10. The highest BCUT2D eigenvalue weighted by molar-refractivity contribution is 6.30. The molecule has 0 aliphatic carbocycles. The summed E-state index contributed by atoms with van der Waals surface area (Å²) in [6.45, 7) is 5.69. The first-order chi connectivity index (χ1) is 13.5. The van der Waals surface area contributed by atoms with E-state index in [1.165, 1.54) is 0 Å². The summed E-state index contributed by atoms with van der Waals surface area (Å²) in [5, 5.41) is 4.90. The highest BCUT2D eigenvalue weighted by Gasteiger charge is 2.41. The number of amides is 1. The summed E-state index contributed by atoms with van der Waals surface area (Å²) in [6, 6.07) is 8.43. The van der Waals surface area contributed by atoms with E-state index < -0.39 is 0 Å². The summed E-state index contributed by atoms with van der Waals surface area (Å²) in [7, 11) is 0. The molecule has 0 spiro atoms. The second-order valence-corrected chi connectivity index (χ2v) is 8.33. The van der Waals surface area contributed by atoms with Crippen molar-refractivity contribution in [2.45, 2.75) is 64.1 Å². The Morgan fingerprint density at radius 3 is 2.68 bits per heavy atom. The zero-order valence-corrected chi connectivity index (χ0v) is 17.2. The highest BCUT2D eigenvalue weighted by Crippen LogP contribution is 2.35. The molecule has 2 aliphatic heterocycles. The monoisotopic (exact) mass is 402 g/mol. The Morgan fingerprint density at radius 1 is 1.21 bits per heavy atom. The molecule has 150 valence electrons. The molecular weight excluding hydrogens is 376 g/mol. The predicted octanol–water partition coefficient (Wildman–Crippen LogP) is 3.85. The second-order valence-electron chi connectivity index (χ2n) is 7.90. The fraction of sp³-hybridized carbons (Fsp3) is 0.571. The summed E-state index contributed by atoms with van der Waals surface area (Å²) in [6.07, 6.45) is 5.05. The van der Waals surface area contributed by atoms with Crippen molar-refractivity contribution < 1.29 is 9.32 Å². The molecule has 0 bridgehead atoms. The van der Waals surface area contributed by atoms with Crippen LogP contribution in [-0.2, 0) is 11.2 Å². The highest BCUT2D eigenvalue weighted by atomic mass is 35.5. The largest absolute Gasteiger partial charge is 0.338 e. The zero-order chi connectivity index (χ0) is 19.7. The molecule has 0 saturated carbocycles. The molecular formula is C21H27ClN4O2. The number of carbonyl (C=O) groups excluding carboxylic acids is 1. The van der Waals surface area contributed by atoms with Gasteiger partial charge in [-0.2, -0.15) is 4.98 Å². The van der Waals surface area contributed by atoms with Gasteiger partial charge >= 0.3 is 0 Å². The minimum Gasteiger partial charge on any atom is -0.338 e. The number of hydrogen-bond donors (Lipinski definition) is 0. The molecule has 28 heavy (non-hydrogen) atoms. The molecule has 1 amide bonds. The molecule has 2 aromatic rings. The average Bonchev–Trinajstić information content (AvgIpc) is 3.42. The molecule has 2 aliphatic rings. The van der Waals surface area contributed by atoms with Crippen molar-refractivity contribution in [2.24, 2.45) is 0 Å². The molecule has 0 N–H and O–H groups in total. The Labute approximate surface area is 170 Å². The molecule has 1 aromatic heterocycles. The van der Waals surface area contributed by atoms with Gasteiger partial charge in [0, 0.05) is 37.0 Å². The van der Waals surface area contributed by atoms with E-state index >= 15 is 0 Å². The molecule has 2 saturated heterocycles. The van der Waals surface area contributed by atoms with E-state index in [0.717, 1.165) is 49.4 Å². The van der Waals surface area contributed by atoms with Gasteiger partial charge in [0.2, 0.25) is 11.8 Å². The van der Waals surface area contributed by atoms with Crippen molar-refractivity contribution in [1.82, 2.24) is 19.9 Å². The van der Waals surface area contributed by atoms with Crippen molar-refractivity contribution in [3.63, 3.8) is 0 Å². The quantitative estimate of drug-likeness (QED) is 0.760. The first-order valence-electron chi connectivity index (χ1n) is 10.1. The normalized spacial score (nSPS) is 24.0. The van der Waals surface area contributed by atoms with Crippen LogP contribution in [0.1, 0.15) is 62.9 Å². The third kappa shape index (κ3) is 3.94. The van der Waals surface area contributed by atoms with Crippen molar-refractivity contribution in [1.29, 1.82) is 0 Å². The van der Waals surface area contributed by atoms with Crippen LogP contribution in [-0.4, -0.2) is 51.0 Å². The van der Waals surface area contributed by atoms with Crippen LogP contribution in [0.3, 0.4) is 0 Å². The van der Waals surface area contributed by atoms with Crippen molar-refractivity contribution in [3.8, 4) is 0 Å². The summed E-state index contributed by atoms with van der Waals surface area (Å²) >= 11 is 5.95. The Balaban J connectivity index is 1.46. The van der Waals surface area contributed by atoms with Crippen molar-refractivity contribution in [3.05, 3.63) is 46.6 Å². The first kappa shape index (κ1) is 19.4. The second kappa shape index (κ2) is 8.21. The van der Waals surface area contributed by atoms with Gasteiger partial charge in [0.05, 0.1) is 6.04 Å². The van der Waals surface area contributed by atoms with Crippen LogP contribution in [0.25, 0.3) is 0 Å². The molecule has 4 rings (SSSR count). The smallest absolute Gasteiger partial charge is 0.243 e. The number of aromatic nitrogens is 2. The van der Waals surface area contributed by atoms with Crippen LogP contribution in [0.4, 0.5) is 0 Å². The van der Waals surface area contributed by atoms with Gasteiger partial charge < -0.3 is 9.42 Å². The molecule has 6 nitrogen and oxygen atoms in total. The van der Waals surface area contributed by atoms with Gasteiger partial charge in [0.25, 0.3) is 0 Å². The maximum atomic E-state index is 12.0. The van der Waals surface area contributed by atoms with Gasteiger partial charge in [0.1, 0.15) is 0 Å². The molecule has 1 aromatic carbocycles. The SMILES string of the molecule is CC(=O)N1CCC[C@@H]1[C@@H]1CCCN1[C@@H](C)c1nc(Cc2ccc(Cl)cc2)no1. The minimum absolute atomic E-state index is 0.0494. The molecule has 7 heteroatoms. The van der Waals surface area contributed by atoms with Crippen LogP contribution in [0.15, 0.2) is 28.8 Å². The number of rotatable bonds is 5. The molecule has 2 fully saturated rings. The first-order valence-corrected chi connectivity index (χ1v) is 10.5. The number of likely N-dealkylation sites (tertiary alicyclic amines) is 2. The average molecular weight is 403 g/mol. The zero-order valence-electron chi connectivity index (χ0n) is 16.5. The van der Waals surface area contributed by atoms with E-state index in [1.807, 2.05) is 24.3 Å². The molecule has 0 radical (unpaired) electrons. The van der Waals surface area contributed by atoms with E-state index in [0.29, 0.717) is 30.2 Å². The van der Waals surface area contributed by atoms with Crippen LogP contribution < -0.4 is 0 Å². The topological polar surface area (TPSA) is 62.5 Å². The lowest BCUT2D eigenvalue weighted by atomic mass is 10.0. The van der Waals surface area contributed by atoms with E-state index in [1.54, 1.807) is 6.92 Å². The van der Waals surface area contributed by atoms with Gasteiger partial charge in [0.15, 0.2) is 5.82 Å². The lowest BCUT2D eigenvalue weighted by Crippen LogP contribution is -2.48. The number of halogens is 1. The minimum atomic E-state index is 0.0494. The van der Waals surface area contributed by atoms with Crippen LogP contribution in [0.2, 0.25) is 5.02 Å². The fourth-order valence-electron chi connectivity index (χ4n) is 4.73. The summed E-state index contributed by atoms with van der Waals surface area (Å²) in [4.78, 5) is 21.2. The van der Waals surface area contributed by atoms with Crippen LogP contribution in [0.5, 0.6) is 0 Å². The molecule has 3 heterocycles. The maximum Gasteiger partial charge on any atom is 0.243 e. The van der Waals surface area contributed by atoms with Gasteiger partial charge in [-0.25, -0.2) is 0 Å². The van der Waals surface area contributed by atoms with Crippen LogP contribution in [0, 0.1) is 0 Å². The third-order valence-corrected chi connectivity index (χ3v) is 6.36. The van der Waals surface area contributed by atoms with Gasteiger partial charge in [-0.3, -0.25) is 9.69 Å². The van der Waals surface area contributed by atoms with E-state index in [-0.39, 0.29) is 11.9 Å². The van der Waals surface area contributed by atoms with Gasteiger partial charge in [-0.15, -0.1) is 0 Å². The fourth-order valence-corrected chi connectivity index (χ4v) is 4.85. The Kier molecular flexibility index (Phi) is 5.69. The Hall–Kier alpha value is -1.92.